The first kappa shape index (κ1) is 24.6. The van der Waals surface area contributed by atoms with Gasteiger partial charge in [0.15, 0.2) is 11.0 Å². The Morgan fingerprint density at radius 1 is 1.09 bits per heavy atom. The number of aromatic nitrogens is 3. The molecule has 0 radical (unpaired) electrons. The van der Waals surface area contributed by atoms with Crippen molar-refractivity contribution >= 4 is 58.4 Å². The molecule has 9 nitrogen and oxygen atoms in total. The summed E-state index contributed by atoms with van der Waals surface area (Å²) in [6.07, 6.45) is 0. The van der Waals surface area contributed by atoms with Crippen molar-refractivity contribution in [1.82, 2.24) is 20.1 Å². The van der Waals surface area contributed by atoms with Crippen molar-refractivity contribution < 1.29 is 19.5 Å². The zero-order valence-electron chi connectivity index (χ0n) is 17.5. The van der Waals surface area contributed by atoms with E-state index in [2.05, 4.69) is 20.8 Å². The fourth-order valence-corrected chi connectivity index (χ4v) is 3.88. The molecule has 172 valence electrons. The van der Waals surface area contributed by atoms with Crippen LogP contribution in [0.15, 0.2) is 47.6 Å². The van der Waals surface area contributed by atoms with Gasteiger partial charge in [0, 0.05) is 18.3 Å². The molecular formula is C21H19Cl2N5O4S. The third-order valence-electron chi connectivity index (χ3n) is 4.51. The smallest absolute Gasteiger partial charge is 0.335 e. The van der Waals surface area contributed by atoms with E-state index < -0.39 is 12.0 Å². The van der Waals surface area contributed by atoms with E-state index in [9.17, 15) is 14.4 Å². The van der Waals surface area contributed by atoms with Crippen molar-refractivity contribution in [1.29, 1.82) is 0 Å². The standard InChI is InChI=1S/C21H19Cl2N5O4S/c1-11(24-19(30)12-6-7-15(22)16(23)9-12)18-26-27-21(28(18)2)33-10-17(29)25-14-5-3-4-13(8-14)20(31)32/h3-9,11H,10H2,1-2H3,(H,24,30)(H,25,29)(H,31,32)/t11-/m0/s1. The fraction of sp³-hybridized carbons (Fsp3) is 0.190. The number of hydrogen-bond acceptors (Lipinski definition) is 6. The topological polar surface area (TPSA) is 126 Å². The molecule has 3 rings (SSSR count). The molecule has 2 aromatic carbocycles. The molecule has 3 N–H and O–H groups in total. The number of carboxylic acid groups (broad SMARTS) is 1. The molecule has 0 unspecified atom stereocenters. The van der Waals surface area contributed by atoms with Crippen LogP contribution in [0.2, 0.25) is 10.0 Å². The first-order chi connectivity index (χ1) is 15.7. The van der Waals surface area contributed by atoms with Gasteiger partial charge < -0.3 is 20.3 Å². The highest BCUT2D eigenvalue weighted by Crippen LogP contribution is 2.24. The molecule has 0 aliphatic heterocycles. The number of amides is 2. The number of hydrogen-bond donors (Lipinski definition) is 3. The van der Waals surface area contributed by atoms with Crippen LogP contribution in [0.25, 0.3) is 0 Å². The van der Waals surface area contributed by atoms with Gasteiger partial charge in [0.2, 0.25) is 5.91 Å². The summed E-state index contributed by atoms with van der Waals surface area (Å²) in [5, 5.41) is 23.8. The Hall–Kier alpha value is -3.08. The molecule has 0 spiro atoms. The Morgan fingerprint density at radius 2 is 1.85 bits per heavy atom. The number of rotatable bonds is 8. The van der Waals surface area contributed by atoms with Gasteiger partial charge in [-0.1, -0.05) is 41.0 Å². The number of aromatic carboxylic acids is 1. The van der Waals surface area contributed by atoms with Crippen molar-refractivity contribution in [2.24, 2.45) is 7.05 Å². The van der Waals surface area contributed by atoms with Crippen molar-refractivity contribution in [2.75, 3.05) is 11.1 Å². The predicted molar refractivity (Wildman–Crippen MR) is 126 cm³/mol. The monoisotopic (exact) mass is 507 g/mol. The summed E-state index contributed by atoms with van der Waals surface area (Å²) in [5.74, 6) is -1.21. The maximum atomic E-state index is 12.5. The van der Waals surface area contributed by atoms with Crippen LogP contribution in [0.5, 0.6) is 0 Å². The summed E-state index contributed by atoms with van der Waals surface area (Å²) in [6.45, 7) is 1.76. The SMILES string of the molecule is C[C@H](NC(=O)c1ccc(Cl)c(Cl)c1)c1nnc(SCC(=O)Nc2cccc(C(=O)O)c2)n1C. The van der Waals surface area contributed by atoms with E-state index in [1.54, 1.807) is 42.8 Å². The molecule has 0 fully saturated rings. The van der Waals surface area contributed by atoms with Crippen LogP contribution >= 0.6 is 35.0 Å². The summed E-state index contributed by atoms with van der Waals surface area (Å²) in [5.41, 5.74) is 0.824. The minimum absolute atomic E-state index is 0.0350. The summed E-state index contributed by atoms with van der Waals surface area (Å²) < 4.78 is 1.68. The Bertz CT molecular complexity index is 1220. The predicted octanol–water partition coefficient (Wildman–Crippen LogP) is 4.04. The van der Waals surface area contributed by atoms with Gasteiger partial charge in [0.25, 0.3) is 5.91 Å². The van der Waals surface area contributed by atoms with E-state index in [1.807, 2.05) is 0 Å². The second-order valence-electron chi connectivity index (χ2n) is 6.95. The van der Waals surface area contributed by atoms with Gasteiger partial charge in [-0.2, -0.15) is 0 Å². The van der Waals surface area contributed by atoms with Gasteiger partial charge in [-0.15, -0.1) is 10.2 Å². The molecule has 12 heteroatoms. The second-order valence-corrected chi connectivity index (χ2v) is 8.70. The van der Waals surface area contributed by atoms with Crippen LogP contribution in [0.4, 0.5) is 5.69 Å². The zero-order chi connectivity index (χ0) is 24.1. The number of anilines is 1. The second kappa shape index (κ2) is 10.7. The first-order valence-corrected chi connectivity index (χ1v) is 11.3. The molecule has 0 aliphatic carbocycles. The minimum Gasteiger partial charge on any atom is -0.478 e. The van der Waals surface area contributed by atoms with Crippen LogP contribution < -0.4 is 10.6 Å². The summed E-state index contributed by atoms with van der Waals surface area (Å²) >= 11 is 13.0. The maximum absolute atomic E-state index is 12.5. The molecule has 0 bridgehead atoms. The fourth-order valence-electron chi connectivity index (χ4n) is 2.87. The van der Waals surface area contributed by atoms with Crippen molar-refractivity contribution in [3.63, 3.8) is 0 Å². The van der Waals surface area contributed by atoms with Gasteiger partial charge in [-0.3, -0.25) is 9.59 Å². The molecule has 3 aromatic rings. The number of carboxylic acids is 1. The van der Waals surface area contributed by atoms with Crippen molar-refractivity contribution in [3.8, 4) is 0 Å². The van der Waals surface area contributed by atoms with Gasteiger partial charge in [-0.05, 0) is 43.3 Å². The maximum Gasteiger partial charge on any atom is 0.335 e. The summed E-state index contributed by atoms with van der Waals surface area (Å²) in [7, 11) is 1.73. The highest BCUT2D eigenvalue weighted by Gasteiger charge is 2.19. The van der Waals surface area contributed by atoms with Gasteiger partial charge in [0.1, 0.15) is 0 Å². The number of benzene rings is 2. The molecular weight excluding hydrogens is 489 g/mol. The van der Waals surface area contributed by atoms with Crippen LogP contribution in [0, 0.1) is 0 Å². The van der Waals surface area contributed by atoms with Gasteiger partial charge in [0.05, 0.1) is 27.4 Å². The van der Waals surface area contributed by atoms with E-state index >= 15 is 0 Å². The molecule has 1 atom stereocenters. The van der Waals surface area contributed by atoms with Crippen LogP contribution in [-0.4, -0.2) is 43.4 Å². The Morgan fingerprint density at radius 3 is 2.55 bits per heavy atom. The molecule has 1 heterocycles. The van der Waals surface area contributed by atoms with Crippen LogP contribution in [0.3, 0.4) is 0 Å². The summed E-state index contributed by atoms with van der Waals surface area (Å²) in [4.78, 5) is 35.8. The van der Waals surface area contributed by atoms with E-state index in [0.717, 1.165) is 11.8 Å². The number of nitrogens with zero attached hydrogens (tertiary/aromatic N) is 3. The Kier molecular flexibility index (Phi) is 7.96. The normalized spacial score (nSPS) is 11.6. The van der Waals surface area contributed by atoms with Crippen molar-refractivity contribution in [3.05, 3.63) is 69.5 Å². The Balaban J connectivity index is 1.59. The number of carbonyl (C=O) groups excluding carboxylic acids is 2. The lowest BCUT2D eigenvalue weighted by Crippen LogP contribution is -2.28. The minimum atomic E-state index is -1.08. The Labute approximate surface area is 203 Å². The highest BCUT2D eigenvalue weighted by atomic mass is 35.5. The number of halogens is 2. The zero-order valence-corrected chi connectivity index (χ0v) is 19.8. The largest absolute Gasteiger partial charge is 0.478 e. The van der Waals surface area contributed by atoms with Crippen LogP contribution in [0.1, 0.15) is 39.5 Å². The lowest BCUT2D eigenvalue weighted by Gasteiger charge is -2.14. The van der Waals surface area contributed by atoms with E-state index in [4.69, 9.17) is 28.3 Å². The average Bonchev–Trinajstić information content (AvgIpc) is 3.14. The van der Waals surface area contributed by atoms with Gasteiger partial charge in [-0.25, -0.2) is 4.79 Å². The third kappa shape index (κ3) is 6.25. The molecule has 0 aliphatic rings. The van der Waals surface area contributed by atoms with Crippen molar-refractivity contribution in [2.45, 2.75) is 18.1 Å². The van der Waals surface area contributed by atoms with E-state index in [0.29, 0.717) is 27.3 Å². The molecule has 0 saturated carbocycles. The lowest BCUT2D eigenvalue weighted by atomic mass is 10.2. The first-order valence-electron chi connectivity index (χ1n) is 9.57. The number of nitrogens with one attached hydrogen (secondary N) is 2. The third-order valence-corrected chi connectivity index (χ3v) is 6.27. The van der Waals surface area contributed by atoms with Crippen LogP contribution in [-0.2, 0) is 11.8 Å². The molecule has 2 amide bonds. The lowest BCUT2D eigenvalue weighted by molar-refractivity contribution is -0.113. The highest BCUT2D eigenvalue weighted by molar-refractivity contribution is 7.99. The van der Waals surface area contributed by atoms with E-state index in [1.165, 1.54) is 18.2 Å². The molecule has 0 saturated heterocycles. The van der Waals surface area contributed by atoms with E-state index in [-0.39, 0.29) is 28.2 Å². The summed E-state index contributed by atoms with van der Waals surface area (Å²) in [6, 6.07) is 10.1. The number of thioether (sulfide) groups is 1. The average molecular weight is 508 g/mol. The van der Waals surface area contributed by atoms with Gasteiger partial charge >= 0.3 is 5.97 Å². The number of carbonyl (C=O) groups is 3. The molecule has 1 aromatic heterocycles. The molecule has 33 heavy (non-hydrogen) atoms. The quantitative estimate of drug-likeness (QED) is 0.392.